The predicted molar refractivity (Wildman–Crippen MR) is 84.1 cm³/mol. The van der Waals surface area contributed by atoms with Crippen LogP contribution in [-0.2, 0) is 0 Å². The third kappa shape index (κ3) is 3.84. The fraction of sp³-hybridized carbons (Fsp3) is 0.375. The zero-order chi connectivity index (χ0) is 15.2. The highest BCUT2D eigenvalue weighted by molar-refractivity contribution is 5.62. The topological polar surface area (TPSA) is 56.3 Å². The molecule has 0 aliphatic heterocycles. The van der Waals surface area contributed by atoms with Gasteiger partial charge in [-0.3, -0.25) is 0 Å². The molecule has 0 aliphatic carbocycles. The monoisotopic (exact) mass is 287 g/mol. The summed E-state index contributed by atoms with van der Waals surface area (Å²) in [6, 6.07) is 7.58. The van der Waals surface area contributed by atoms with Crippen LogP contribution in [0.2, 0.25) is 0 Å². The fourth-order valence-corrected chi connectivity index (χ4v) is 1.98. The van der Waals surface area contributed by atoms with E-state index in [-0.39, 0.29) is 0 Å². The maximum absolute atomic E-state index is 5.29. The van der Waals surface area contributed by atoms with Gasteiger partial charge in [0.05, 0.1) is 14.2 Å². The Morgan fingerprint density at radius 3 is 2.24 bits per heavy atom. The Morgan fingerprint density at radius 1 is 1.00 bits per heavy atom. The van der Waals surface area contributed by atoms with Gasteiger partial charge in [0.15, 0.2) is 5.82 Å². The van der Waals surface area contributed by atoms with Gasteiger partial charge in [-0.1, -0.05) is 6.92 Å². The lowest BCUT2D eigenvalue weighted by Gasteiger charge is -2.10. The summed E-state index contributed by atoms with van der Waals surface area (Å²) >= 11 is 0. The normalized spacial score (nSPS) is 10.3. The Bertz CT molecular complexity index is 592. The minimum Gasteiger partial charge on any atom is -0.497 e. The van der Waals surface area contributed by atoms with Gasteiger partial charge >= 0.3 is 0 Å². The number of nitrogens with zero attached hydrogens (tertiary/aromatic N) is 2. The van der Waals surface area contributed by atoms with Crippen LogP contribution in [0.1, 0.15) is 19.0 Å². The molecule has 0 saturated carbocycles. The van der Waals surface area contributed by atoms with Crippen molar-refractivity contribution >= 4 is 5.82 Å². The van der Waals surface area contributed by atoms with Crippen molar-refractivity contribution in [1.29, 1.82) is 0 Å². The van der Waals surface area contributed by atoms with E-state index in [1.807, 2.05) is 31.2 Å². The number of aryl methyl sites for hydroxylation is 1. The molecule has 1 aromatic carbocycles. The van der Waals surface area contributed by atoms with E-state index in [1.54, 1.807) is 14.2 Å². The molecule has 0 radical (unpaired) electrons. The Hall–Kier alpha value is -2.30. The van der Waals surface area contributed by atoms with Crippen LogP contribution in [-0.4, -0.2) is 30.7 Å². The van der Waals surface area contributed by atoms with E-state index in [9.17, 15) is 0 Å². The van der Waals surface area contributed by atoms with E-state index in [0.29, 0.717) is 5.82 Å². The molecule has 0 unspecified atom stereocenters. The molecule has 1 heterocycles. The van der Waals surface area contributed by atoms with Crippen LogP contribution in [0.15, 0.2) is 24.3 Å². The molecule has 0 saturated heterocycles. The summed E-state index contributed by atoms with van der Waals surface area (Å²) in [5, 5.41) is 3.29. The first kappa shape index (κ1) is 15.1. The maximum atomic E-state index is 5.29. The van der Waals surface area contributed by atoms with Gasteiger partial charge in [0.1, 0.15) is 17.3 Å². The van der Waals surface area contributed by atoms with Gasteiger partial charge in [0, 0.05) is 29.9 Å². The average Bonchev–Trinajstić information content (AvgIpc) is 2.51. The molecule has 0 amide bonds. The molecule has 112 valence electrons. The number of ether oxygens (including phenoxy) is 2. The Kier molecular flexibility index (Phi) is 4.98. The highest BCUT2D eigenvalue weighted by Crippen LogP contribution is 2.28. The van der Waals surface area contributed by atoms with Crippen LogP contribution in [0.3, 0.4) is 0 Å². The highest BCUT2D eigenvalue weighted by atomic mass is 16.5. The Labute approximate surface area is 125 Å². The van der Waals surface area contributed by atoms with Crippen molar-refractivity contribution in [3.05, 3.63) is 30.0 Å². The van der Waals surface area contributed by atoms with Crippen molar-refractivity contribution in [2.75, 3.05) is 26.1 Å². The van der Waals surface area contributed by atoms with Crippen LogP contribution in [0.4, 0.5) is 5.82 Å². The standard InChI is InChI=1S/C16H21N3O2/c1-5-6-17-15-7-11(2)18-16(19-15)12-8-13(20-3)10-14(9-12)21-4/h7-10H,5-6H2,1-4H3,(H,17,18,19). The average molecular weight is 287 g/mol. The molecule has 5 heteroatoms. The van der Waals surface area contributed by atoms with E-state index in [4.69, 9.17) is 9.47 Å². The molecule has 0 aliphatic rings. The molecule has 21 heavy (non-hydrogen) atoms. The third-order valence-electron chi connectivity index (χ3n) is 3.02. The smallest absolute Gasteiger partial charge is 0.162 e. The summed E-state index contributed by atoms with van der Waals surface area (Å²) in [6.45, 7) is 4.96. The Balaban J connectivity index is 2.42. The van der Waals surface area contributed by atoms with Gasteiger partial charge in [-0.15, -0.1) is 0 Å². The number of benzene rings is 1. The summed E-state index contributed by atoms with van der Waals surface area (Å²) in [5.74, 6) is 2.93. The van der Waals surface area contributed by atoms with Crippen LogP contribution >= 0.6 is 0 Å². The number of rotatable bonds is 6. The second kappa shape index (κ2) is 6.92. The lowest BCUT2D eigenvalue weighted by Crippen LogP contribution is -2.04. The van der Waals surface area contributed by atoms with Gasteiger partial charge in [0.2, 0.25) is 0 Å². The number of methoxy groups -OCH3 is 2. The summed E-state index contributed by atoms with van der Waals surface area (Å²) in [6.07, 6.45) is 1.05. The fourth-order valence-electron chi connectivity index (χ4n) is 1.98. The van der Waals surface area contributed by atoms with Crippen LogP contribution in [0.25, 0.3) is 11.4 Å². The van der Waals surface area contributed by atoms with Crippen molar-refractivity contribution in [2.45, 2.75) is 20.3 Å². The minimum atomic E-state index is 0.658. The Morgan fingerprint density at radius 2 is 1.67 bits per heavy atom. The first-order valence-electron chi connectivity index (χ1n) is 6.99. The van der Waals surface area contributed by atoms with Crippen molar-refractivity contribution in [1.82, 2.24) is 9.97 Å². The van der Waals surface area contributed by atoms with Crippen molar-refractivity contribution in [2.24, 2.45) is 0 Å². The van der Waals surface area contributed by atoms with Gasteiger partial charge in [0.25, 0.3) is 0 Å². The maximum Gasteiger partial charge on any atom is 0.162 e. The molecule has 1 aromatic heterocycles. The molecular weight excluding hydrogens is 266 g/mol. The first-order chi connectivity index (χ1) is 10.2. The second-order valence-electron chi connectivity index (χ2n) is 4.75. The van der Waals surface area contributed by atoms with E-state index in [0.717, 1.165) is 41.5 Å². The van der Waals surface area contributed by atoms with E-state index in [1.165, 1.54) is 0 Å². The van der Waals surface area contributed by atoms with E-state index in [2.05, 4.69) is 22.2 Å². The number of nitrogens with one attached hydrogen (secondary N) is 1. The van der Waals surface area contributed by atoms with E-state index < -0.39 is 0 Å². The molecule has 5 nitrogen and oxygen atoms in total. The second-order valence-corrected chi connectivity index (χ2v) is 4.75. The molecule has 0 spiro atoms. The van der Waals surface area contributed by atoms with Crippen molar-refractivity contribution in [3.63, 3.8) is 0 Å². The lowest BCUT2D eigenvalue weighted by molar-refractivity contribution is 0.394. The molecule has 2 aromatic rings. The summed E-state index contributed by atoms with van der Waals surface area (Å²) in [4.78, 5) is 9.06. The summed E-state index contributed by atoms with van der Waals surface area (Å²) < 4.78 is 10.6. The SMILES string of the molecule is CCCNc1cc(C)nc(-c2cc(OC)cc(OC)c2)n1. The van der Waals surface area contributed by atoms with Crippen molar-refractivity contribution in [3.8, 4) is 22.9 Å². The van der Waals surface area contributed by atoms with Crippen LogP contribution in [0.5, 0.6) is 11.5 Å². The summed E-state index contributed by atoms with van der Waals surface area (Å²) in [5.41, 5.74) is 1.79. The molecule has 0 bridgehead atoms. The third-order valence-corrected chi connectivity index (χ3v) is 3.02. The molecular formula is C16H21N3O2. The first-order valence-corrected chi connectivity index (χ1v) is 6.99. The number of hydrogen-bond acceptors (Lipinski definition) is 5. The van der Waals surface area contributed by atoms with Gasteiger partial charge in [-0.25, -0.2) is 9.97 Å². The van der Waals surface area contributed by atoms with Crippen LogP contribution < -0.4 is 14.8 Å². The van der Waals surface area contributed by atoms with E-state index >= 15 is 0 Å². The molecule has 1 N–H and O–H groups in total. The predicted octanol–water partition coefficient (Wildman–Crippen LogP) is 3.29. The van der Waals surface area contributed by atoms with Gasteiger partial charge < -0.3 is 14.8 Å². The van der Waals surface area contributed by atoms with Gasteiger partial charge in [-0.2, -0.15) is 0 Å². The zero-order valence-corrected chi connectivity index (χ0v) is 12.9. The molecule has 2 rings (SSSR count). The number of anilines is 1. The van der Waals surface area contributed by atoms with Crippen LogP contribution in [0, 0.1) is 6.92 Å². The number of aromatic nitrogens is 2. The number of hydrogen-bond donors (Lipinski definition) is 1. The van der Waals surface area contributed by atoms with Crippen molar-refractivity contribution < 1.29 is 9.47 Å². The summed E-state index contributed by atoms with van der Waals surface area (Å²) in [7, 11) is 3.26. The highest BCUT2D eigenvalue weighted by Gasteiger charge is 2.09. The molecule has 0 atom stereocenters. The zero-order valence-electron chi connectivity index (χ0n) is 12.9. The molecule has 0 fully saturated rings. The lowest BCUT2D eigenvalue weighted by atomic mass is 10.2. The quantitative estimate of drug-likeness (QED) is 0.883. The van der Waals surface area contributed by atoms with Gasteiger partial charge in [-0.05, 0) is 25.5 Å². The largest absolute Gasteiger partial charge is 0.497 e. The minimum absolute atomic E-state index is 0.658.